The highest BCUT2D eigenvalue weighted by Crippen LogP contribution is 2.48. The van der Waals surface area contributed by atoms with Gasteiger partial charge in [0.25, 0.3) is 0 Å². The first-order valence-corrected chi connectivity index (χ1v) is 11.1. The summed E-state index contributed by atoms with van der Waals surface area (Å²) in [7, 11) is 0. The number of alkyl halides is 3. The molecule has 1 fully saturated rings. The Morgan fingerprint density at radius 3 is 2.77 bits per heavy atom. The Bertz CT molecular complexity index is 650. The standard InChI is InChI=1S/C22H35F3N2O3/c1-4-29-11-9-26-21-15(3)20(28)14(2)18-6-5-7-19(30-13-22(23,24)25)17-12-16(17)8-10-27(18)21/h7,14,16-18,20,26,28H,4-6,8-13H2,1-3H3/b19-7+/t14-,16-,17+,18+,20?/m0/s1. The summed E-state index contributed by atoms with van der Waals surface area (Å²) in [5.74, 6) is 2.01. The lowest BCUT2D eigenvalue weighted by molar-refractivity contribution is -0.166. The van der Waals surface area contributed by atoms with E-state index in [0.717, 1.165) is 37.2 Å². The molecule has 8 heteroatoms. The van der Waals surface area contributed by atoms with Crippen LogP contribution in [0.2, 0.25) is 0 Å². The third-order valence-corrected chi connectivity index (χ3v) is 6.59. The van der Waals surface area contributed by atoms with Crippen molar-refractivity contribution in [3.8, 4) is 0 Å². The maximum Gasteiger partial charge on any atom is 0.422 e. The van der Waals surface area contributed by atoms with E-state index in [1.54, 1.807) is 0 Å². The highest BCUT2D eigenvalue weighted by atomic mass is 19.4. The molecular weight excluding hydrogens is 397 g/mol. The second kappa shape index (κ2) is 9.81. The molecule has 172 valence electrons. The third kappa shape index (κ3) is 5.63. The minimum atomic E-state index is -4.32. The highest BCUT2D eigenvalue weighted by molar-refractivity contribution is 5.22. The summed E-state index contributed by atoms with van der Waals surface area (Å²) in [6.07, 6.45) is 0.188. The van der Waals surface area contributed by atoms with Gasteiger partial charge in [-0.25, -0.2) is 0 Å². The lowest BCUT2D eigenvalue weighted by atomic mass is 9.83. The molecule has 30 heavy (non-hydrogen) atoms. The summed E-state index contributed by atoms with van der Waals surface area (Å²) >= 11 is 0. The Balaban J connectivity index is 1.74. The van der Waals surface area contributed by atoms with Crippen LogP contribution in [0.25, 0.3) is 0 Å². The van der Waals surface area contributed by atoms with Gasteiger partial charge in [0.05, 0.1) is 18.5 Å². The molecule has 0 radical (unpaired) electrons. The number of aliphatic hydroxyl groups excluding tert-OH is 1. The number of fused-ring (bicyclic) bond motifs is 2. The largest absolute Gasteiger partial charge is 0.489 e. The van der Waals surface area contributed by atoms with E-state index in [-0.39, 0.29) is 17.9 Å². The van der Waals surface area contributed by atoms with Crippen molar-refractivity contribution < 1.29 is 27.8 Å². The van der Waals surface area contributed by atoms with Gasteiger partial charge in [-0.1, -0.05) is 6.92 Å². The maximum absolute atomic E-state index is 12.6. The molecule has 2 N–H and O–H groups in total. The van der Waals surface area contributed by atoms with Gasteiger partial charge >= 0.3 is 6.18 Å². The van der Waals surface area contributed by atoms with Gasteiger partial charge in [-0.3, -0.25) is 0 Å². The third-order valence-electron chi connectivity index (χ3n) is 6.59. The van der Waals surface area contributed by atoms with Gasteiger partial charge in [-0.15, -0.1) is 0 Å². The molecule has 0 aromatic carbocycles. The van der Waals surface area contributed by atoms with Crippen LogP contribution in [0.3, 0.4) is 0 Å². The molecule has 2 heterocycles. The quantitative estimate of drug-likeness (QED) is 0.600. The van der Waals surface area contributed by atoms with Crippen LogP contribution in [0.1, 0.15) is 46.5 Å². The molecule has 3 rings (SSSR count). The lowest BCUT2D eigenvalue weighted by Gasteiger charge is -2.46. The first-order chi connectivity index (χ1) is 14.2. The van der Waals surface area contributed by atoms with Crippen LogP contribution >= 0.6 is 0 Å². The molecule has 2 aliphatic heterocycles. The van der Waals surface area contributed by atoms with E-state index in [1.807, 2.05) is 19.9 Å². The Hall–Kier alpha value is -1.41. The molecule has 0 bridgehead atoms. The number of halogens is 3. The van der Waals surface area contributed by atoms with Crippen LogP contribution < -0.4 is 5.32 Å². The summed E-state index contributed by atoms with van der Waals surface area (Å²) in [6.45, 7) is 7.54. The molecule has 0 amide bonds. The maximum atomic E-state index is 12.6. The Morgan fingerprint density at radius 1 is 1.30 bits per heavy atom. The predicted octanol–water partition coefficient (Wildman–Crippen LogP) is 3.81. The Labute approximate surface area is 177 Å². The molecule has 1 saturated carbocycles. The molecule has 0 aromatic rings. The van der Waals surface area contributed by atoms with Gasteiger partial charge in [-0.05, 0) is 57.1 Å². The van der Waals surface area contributed by atoms with Crippen molar-refractivity contribution in [2.24, 2.45) is 17.8 Å². The molecular formula is C22H35F3N2O3. The van der Waals surface area contributed by atoms with E-state index >= 15 is 0 Å². The normalized spacial score (nSPS) is 33.9. The monoisotopic (exact) mass is 432 g/mol. The predicted molar refractivity (Wildman–Crippen MR) is 108 cm³/mol. The second-order valence-corrected chi connectivity index (χ2v) is 8.70. The van der Waals surface area contributed by atoms with Crippen LogP contribution in [-0.2, 0) is 9.47 Å². The summed E-state index contributed by atoms with van der Waals surface area (Å²) in [4.78, 5) is 2.38. The van der Waals surface area contributed by atoms with Crippen LogP contribution in [0.5, 0.6) is 0 Å². The van der Waals surface area contributed by atoms with Crippen molar-refractivity contribution in [2.45, 2.75) is 64.8 Å². The first-order valence-electron chi connectivity index (χ1n) is 11.1. The first kappa shape index (κ1) is 23.3. The zero-order chi connectivity index (χ0) is 21.9. The van der Waals surface area contributed by atoms with Gasteiger partial charge in [0.2, 0.25) is 0 Å². The van der Waals surface area contributed by atoms with E-state index in [2.05, 4.69) is 17.1 Å². The van der Waals surface area contributed by atoms with E-state index in [0.29, 0.717) is 37.9 Å². The molecule has 5 nitrogen and oxygen atoms in total. The molecule has 0 saturated heterocycles. The van der Waals surface area contributed by atoms with Crippen LogP contribution in [0.15, 0.2) is 23.2 Å². The SMILES string of the molecule is CCOCCNC1=C(C)C(O)[C@@H](C)[C@H]2CC/C=C(/OCC(F)(F)F)[C@@H]3C[C@@H]3CCN12. The highest BCUT2D eigenvalue weighted by Gasteiger charge is 2.44. The van der Waals surface area contributed by atoms with E-state index < -0.39 is 18.9 Å². The summed E-state index contributed by atoms with van der Waals surface area (Å²) in [6, 6.07) is 0.119. The zero-order valence-electron chi connectivity index (χ0n) is 18.2. The van der Waals surface area contributed by atoms with Crippen molar-refractivity contribution in [2.75, 3.05) is 32.9 Å². The minimum absolute atomic E-state index is 0.0461. The summed E-state index contributed by atoms with van der Waals surface area (Å²) in [5, 5.41) is 14.3. The van der Waals surface area contributed by atoms with Crippen molar-refractivity contribution >= 4 is 0 Å². The van der Waals surface area contributed by atoms with Crippen molar-refractivity contribution in [3.63, 3.8) is 0 Å². The van der Waals surface area contributed by atoms with Crippen LogP contribution in [0.4, 0.5) is 13.2 Å². The molecule has 1 unspecified atom stereocenters. The molecule has 0 aromatic heterocycles. The Morgan fingerprint density at radius 2 is 2.07 bits per heavy atom. The number of hydrogen-bond acceptors (Lipinski definition) is 5. The minimum Gasteiger partial charge on any atom is -0.489 e. The van der Waals surface area contributed by atoms with Gasteiger partial charge in [0.15, 0.2) is 6.61 Å². The van der Waals surface area contributed by atoms with Crippen molar-refractivity contribution in [1.29, 1.82) is 0 Å². The number of aliphatic hydroxyl groups is 1. The fraction of sp³-hybridized carbons (Fsp3) is 0.818. The average Bonchev–Trinajstić information content (AvgIpc) is 3.46. The molecule has 5 atom stereocenters. The number of nitrogens with zero attached hydrogens (tertiary/aromatic N) is 1. The van der Waals surface area contributed by atoms with Gasteiger partial charge in [0.1, 0.15) is 5.82 Å². The lowest BCUT2D eigenvalue weighted by Crippen LogP contribution is -2.52. The summed E-state index contributed by atoms with van der Waals surface area (Å²) in [5.41, 5.74) is 0.949. The van der Waals surface area contributed by atoms with E-state index in [4.69, 9.17) is 9.47 Å². The summed E-state index contributed by atoms with van der Waals surface area (Å²) < 4.78 is 48.5. The smallest absolute Gasteiger partial charge is 0.422 e. The second-order valence-electron chi connectivity index (χ2n) is 8.70. The molecule has 0 spiro atoms. The van der Waals surface area contributed by atoms with Crippen LogP contribution in [0, 0.1) is 17.8 Å². The van der Waals surface area contributed by atoms with Crippen molar-refractivity contribution in [3.05, 3.63) is 23.2 Å². The van der Waals surface area contributed by atoms with Crippen molar-refractivity contribution in [1.82, 2.24) is 10.2 Å². The topological polar surface area (TPSA) is 54.0 Å². The molecule has 1 aliphatic carbocycles. The number of hydrogen-bond donors (Lipinski definition) is 2. The van der Waals surface area contributed by atoms with Gasteiger partial charge in [-0.2, -0.15) is 13.2 Å². The van der Waals surface area contributed by atoms with Crippen LogP contribution in [-0.4, -0.2) is 61.2 Å². The number of nitrogens with one attached hydrogen (secondary N) is 1. The fourth-order valence-corrected chi connectivity index (χ4v) is 4.84. The van der Waals surface area contributed by atoms with Gasteiger partial charge in [0, 0.05) is 37.6 Å². The molecule has 3 aliphatic rings. The Kier molecular flexibility index (Phi) is 7.61. The fourth-order valence-electron chi connectivity index (χ4n) is 4.84. The zero-order valence-corrected chi connectivity index (χ0v) is 18.2. The number of rotatable bonds is 7. The van der Waals surface area contributed by atoms with E-state index in [1.165, 1.54) is 0 Å². The van der Waals surface area contributed by atoms with E-state index in [9.17, 15) is 18.3 Å². The number of ether oxygens (including phenoxy) is 2. The van der Waals surface area contributed by atoms with Gasteiger partial charge < -0.3 is 24.8 Å². The average molecular weight is 433 g/mol. The number of allylic oxidation sites excluding steroid dienone is 2.